The first-order chi connectivity index (χ1) is 23.0. The average molecular weight is 621 g/mol. The van der Waals surface area contributed by atoms with E-state index in [1.807, 2.05) is 120 Å². The third-order valence-electron chi connectivity index (χ3n) is 9.63. The van der Waals surface area contributed by atoms with Gasteiger partial charge in [0.05, 0.1) is 12.0 Å². The van der Waals surface area contributed by atoms with Gasteiger partial charge in [-0.15, -0.1) is 0 Å². The maximum absolute atomic E-state index is 15.0. The Hall–Kier alpha value is -5.82. The summed E-state index contributed by atoms with van der Waals surface area (Å²) >= 11 is 0. The standard InChI is InChI=1S/C40H29FN2O4/c41-29-22-19-26(20-23-29)36(44)34-35(38(45)47-37(27-12-3-1-4-13-27)28-14-5-2-6-15-28)43-32-18-10-7-11-25(32)21-24-33(43)40(34)30-16-8-9-17-31(30)42-39(40)46/h1-24,33-35,37H,(H,42,46)/t33-,34-,35-,40-/m1/s1. The molecule has 0 saturated carbocycles. The number of carbonyl (C=O) groups is 3. The molecule has 47 heavy (non-hydrogen) atoms. The van der Waals surface area contributed by atoms with Crippen LogP contribution in [-0.2, 0) is 19.7 Å². The molecule has 0 aliphatic carbocycles. The molecule has 0 aromatic heterocycles. The molecule has 230 valence electrons. The minimum Gasteiger partial charge on any atom is -0.451 e. The number of para-hydroxylation sites is 2. The average Bonchev–Trinajstić information content (AvgIpc) is 3.60. The number of carbonyl (C=O) groups excluding carboxylic acids is 3. The summed E-state index contributed by atoms with van der Waals surface area (Å²) in [6.07, 6.45) is 3.08. The number of anilines is 2. The van der Waals surface area contributed by atoms with Crippen LogP contribution in [0.25, 0.3) is 6.08 Å². The van der Waals surface area contributed by atoms with Gasteiger partial charge in [0.2, 0.25) is 5.91 Å². The summed E-state index contributed by atoms with van der Waals surface area (Å²) in [5.74, 6) is -3.19. The molecule has 0 unspecified atom stereocenters. The van der Waals surface area contributed by atoms with Gasteiger partial charge in [-0.05, 0) is 58.7 Å². The molecule has 8 rings (SSSR count). The molecule has 0 bridgehead atoms. The van der Waals surface area contributed by atoms with Crippen LogP contribution in [0.15, 0.2) is 140 Å². The van der Waals surface area contributed by atoms with Crippen molar-refractivity contribution >= 4 is 35.1 Å². The van der Waals surface area contributed by atoms with E-state index in [2.05, 4.69) is 5.32 Å². The van der Waals surface area contributed by atoms with Gasteiger partial charge in [-0.3, -0.25) is 9.59 Å². The molecule has 5 aromatic carbocycles. The number of Topliss-reactive ketones (excluding diaryl/α,β-unsaturated/α-hetero) is 1. The fourth-order valence-electron chi connectivity index (χ4n) is 7.66. The number of halogens is 1. The summed E-state index contributed by atoms with van der Waals surface area (Å²) < 4.78 is 20.6. The smallest absolute Gasteiger partial charge is 0.330 e. The van der Waals surface area contributed by atoms with Gasteiger partial charge in [0.15, 0.2) is 11.9 Å². The predicted molar refractivity (Wildman–Crippen MR) is 177 cm³/mol. The largest absolute Gasteiger partial charge is 0.451 e. The summed E-state index contributed by atoms with van der Waals surface area (Å²) in [5.41, 5.74) is 3.01. The van der Waals surface area contributed by atoms with Crippen molar-refractivity contribution in [3.63, 3.8) is 0 Å². The summed E-state index contributed by atoms with van der Waals surface area (Å²) in [4.78, 5) is 46.3. The van der Waals surface area contributed by atoms with Gasteiger partial charge in [0, 0.05) is 16.9 Å². The van der Waals surface area contributed by atoms with Crippen LogP contribution < -0.4 is 10.2 Å². The van der Waals surface area contributed by atoms with E-state index in [9.17, 15) is 18.8 Å². The highest BCUT2D eigenvalue weighted by atomic mass is 19.1. The Labute approximate surface area is 271 Å². The van der Waals surface area contributed by atoms with E-state index in [-0.39, 0.29) is 11.5 Å². The van der Waals surface area contributed by atoms with Crippen LogP contribution in [0.4, 0.5) is 15.8 Å². The number of nitrogens with zero attached hydrogens (tertiary/aromatic N) is 1. The molecule has 5 aromatic rings. The van der Waals surface area contributed by atoms with E-state index in [0.717, 1.165) is 16.7 Å². The number of hydrogen-bond acceptors (Lipinski definition) is 5. The molecule has 0 radical (unpaired) electrons. The van der Waals surface area contributed by atoms with Gasteiger partial charge in [-0.1, -0.05) is 109 Å². The first kappa shape index (κ1) is 28.6. The summed E-state index contributed by atoms with van der Waals surface area (Å²) in [5, 5.41) is 3.02. The van der Waals surface area contributed by atoms with Crippen molar-refractivity contribution in [3.8, 4) is 0 Å². The van der Waals surface area contributed by atoms with Crippen LogP contribution in [0.1, 0.15) is 38.7 Å². The fraction of sp³-hybridized carbons (Fsp3) is 0.125. The topological polar surface area (TPSA) is 75.7 Å². The molecule has 4 atom stereocenters. The van der Waals surface area contributed by atoms with Crippen molar-refractivity contribution < 1.29 is 23.5 Å². The molecule has 6 nitrogen and oxygen atoms in total. The number of ether oxygens (including phenoxy) is 1. The van der Waals surface area contributed by atoms with Crippen LogP contribution in [-0.4, -0.2) is 29.7 Å². The minimum absolute atomic E-state index is 0.200. The van der Waals surface area contributed by atoms with Crippen LogP contribution in [0.2, 0.25) is 0 Å². The maximum atomic E-state index is 15.0. The first-order valence-electron chi connectivity index (χ1n) is 15.5. The highest BCUT2D eigenvalue weighted by molar-refractivity contribution is 6.16. The molecule has 1 N–H and O–H groups in total. The van der Waals surface area contributed by atoms with Crippen LogP contribution in [0, 0.1) is 11.7 Å². The van der Waals surface area contributed by atoms with Crippen molar-refractivity contribution in [1.29, 1.82) is 0 Å². The highest BCUT2D eigenvalue weighted by Crippen LogP contribution is 2.58. The number of hydrogen-bond donors (Lipinski definition) is 1. The van der Waals surface area contributed by atoms with Crippen molar-refractivity contribution in [1.82, 2.24) is 0 Å². The second-order valence-electron chi connectivity index (χ2n) is 12.1. The monoisotopic (exact) mass is 620 g/mol. The zero-order chi connectivity index (χ0) is 32.1. The molecule has 1 spiro atoms. The number of esters is 1. The maximum Gasteiger partial charge on any atom is 0.330 e. The molecule has 1 saturated heterocycles. The summed E-state index contributed by atoms with van der Waals surface area (Å²) in [6.45, 7) is 0. The Balaban J connectivity index is 1.35. The number of ketones is 1. The van der Waals surface area contributed by atoms with Crippen LogP contribution in [0.5, 0.6) is 0 Å². The van der Waals surface area contributed by atoms with Crippen molar-refractivity contribution in [2.75, 3.05) is 10.2 Å². The van der Waals surface area contributed by atoms with Gasteiger partial charge in [0.25, 0.3) is 0 Å². The van der Waals surface area contributed by atoms with Crippen molar-refractivity contribution in [3.05, 3.63) is 173 Å². The number of rotatable bonds is 6. The SMILES string of the molecule is O=C(OC(c1ccccc1)c1ccccc1)[C@H]1[C@H](C(=O)c2ccc(F)cc2)[C@]2(C(=O)Nc3ccccc32)[C@H]2C=Cc3ccccc3N12. The lowest BCUT2D eigenvalue weighted by molar-refractivity contribution is -0.150. The quantitative estimate of drug-likeness (QED) is 0.162. The molecule has 3 aliphatic rings. The van der Waals surface area contributed by atoms with Crippen LogP contribution >= 0.6 is 0 Å². The Bertz CT molecular complexity index is 2010. The van der Waals surface area contributed by atoms with Gasteiger partial charge < -0.3 is 15.0 Å². The van der Waals surface area contributed by atoms with E-state index in [4.69, 9.17) is 4.74 Å². The molecule has 3 heterocycles. The second kappa shape index (κ2) is 11.2. The molecule has 1 fully saturated rings. The van der Waals surface area contributed by atoms with E-state index in [1.165, 1.54) is 24.3 Å². The Morgan fingerprint density at radius 3 is 2.09 bits per heavy atom. The predicted octanol–water partition coefficient (Wildman–Crippen LogP) is 7.13. The Morgan fingerprint density at radius 2 is 1.38 bits per heavy atom. The zero-order valence-electron chi connectivity index (χ0n) is 25.1. The lowest BCUT2D eigenvalue weighted by Gasteiger charge is -2.37. The van der Waals surface area contributed by atoms with Crippen molar-refractivity contribution in [2.24, 2.45) is 5.92 Å². The normalized spacial score (nSPS) is 22.0. The number of benzene rings is 5. The van der Waals surface area contributed by atoms with E-state index >= 15 is 0 Å². The third-order valence-corrected chi connectivity index (χ3v) is 9.63. The lowest BCUT2D eigenvalue weighted by Crippen LogP contribution is -2.51. The van der Waals surface area contributed by atoms with Crippen molar-refractivity contribution in [2.45, 2.75) is 23.6 Å². The number of nitrogens with one attached hydrogen (secondary N) is 1. The molecule has 7 heteroatoms. The first-order valence-corrected chi connectivity index (χ1v) is 15.5. The van der Waals surface area contributed by atoms with E-state index in [1.54, 1.807) is 6.07 Å². The highest BCUT2D eigenvalue weighted by Gasteiger charge is 2.71. The molecular weight excluding hydrogens is 591 g/mol. The van der Waals surface area contributed by atoms with Gasteiger partial charge >= 0.3 is 5.97 Å². The fourth-order valence-corrected chi connectivity index (χ4v) is 7.66. The lowest BCUT2D eigenvalue weighted by atomic mass is 9.64. The van der Waals surface area contributed by atoms with Gasteiger partial charge in [-0.2, -0.15) is 0 Å². The van der Waals surface area contributed by atoms with Gasteiger partial charge in [0.1, 0.15) is 17.3 Å². The third kappa shape index (κ3) is 4.41. The number of amides is 1. The van der Waals surface area contributed by atoms with Gasteiger partial charge in [-0.25, -0.2) is 9.18 Å². The minimum atomic E-state index is -1.50. The second-order valence-corrected chi connectivity index (χ2v) is 12.1. The summed E-state index contributed by atoms with van der Waals surface area (Å²) in [6, 6.07) is 37.1. The molecule has 1 amide bonds. The molecular formula is C40H29FN2O4. The zero-order valence-corrected chi connectivity index (χ0v) is 25.1. The van der Waals surface area contributed by atoms with E-state index in [0.29, 0.717) is 16.9 Å². The Morgan fingerprint density at radius 1 is 0.766 bits per heavy atom. The molecule has 3 aliphatic heterocycles. The number of fused-ring (bicyclic) bond motifs is 6. The van der Waals surface area contributed by atoms with E-state index < -0.39 is 47.1 Å². The Kier molecular flexibility index (Phi) is 6.83. The summed E-state index contributed by atoms with van der Waals surface area (Å²) in [7, 11) is 0. The van der Waals surface area contributed by atoms with Crippen LogP contribution in [0.3, 0.4) is 0 Å².